The summed E-state index contributed by atoms with van der Waals surface area (Å²) in [5.74, 6) is -0.919. The predicted octanol–water partition coefficient (Wildman–Crippen LogP) is 4.12. The number of fused-ring (bicyclic) bond motifs is 1. The largest absolute Gasteiger partial charge is 0.496 e. The number of furan rings is 1. The fraction of sp³-hybridized carbons (Fsp3) is 0.320. The Morgan fingerprint density at radius 3 is 2.59 bits per heavy atom. The number of carboxylic acid groups (broad SMARTS) is 1. The van der Waals surface area contributed by atoms with E-state index in [4.69, 9.17) is 19.1 Å². The Morgan fingerprint density at radius 1 is 1.16 bits per heavy atom. The lowest BCUT2D eigenvalue weighted by atomic mass is 10.0. The molecular formula is C25H26F3N5O4. The molecule has 0 radical (unpaired) electrons. The summed E-state index contributed by atoms with van der Waals surface area (Å²) in [4.78, 5) is 13.7. The van der Waals surface area contributed by atoms with E-state index in [1.54, 1.807) is 13.4 Å². The molecule has 0 spiro atoms. The number of halogens is 3. The van der Waals surface area contributed by atoms with Crippen LogP contribution >= 0.6 is 0 Å². The summed E-state index contributed by atoms with van der Waals surface area (Å²) in [6, 6.07) is 16.4. The van der Waals surface area contributed by atoms with Gasteiger partial charge in [-0.05, 0) is 31.3 Å². The Kier molecular flexibility index (Phi) is 7.79. The van der Waals surface area contributed by atoms with Gasteiger partial charge in [-0.15, -0.1) is 5.10 Å². The number of piperazine rings is 1. The van der Waals surface area contributed by atoms with Crippen LogP contribution in [0.5, 0.6) is 5.75 Å². The van der Waals surface area contributed by atoms with E-state index in [2.05, 4.69) is 45.4 Å². The molecule has 4 heterocycles. The summed E-state index contributed by atoms with van der Waals surface area (Å²) in [5, 5.41) is 16.1. The Morgan fingerprint density at radius 2 is 1.92 bits per heavy atom. The van der Waals surface area contributed by atoms with E-state index >= 15 is 0 Å². The van der Waals surface area contributed by atoms with Crippen molar-refractivity contribution >= 4 is 11.5 Å². The summed E-state index contributed by atoms with van der Waals surface area (Å²) < 4.78 is 44.7. The predicted molar refractivity (Wildman–Crippen MR) is 128 cm³/mol. The number of nitrogens with zero attached hydrogens (tertiary/aromatic N) is 5. The van der Waals surface area contributed by atoms with Crippen LogP contribution in [0.2, 0.25) is 0 Å². The van der Waals surface area contributed by atoms with Crippen LogP contribution in [0.4, 0.5) is 13.2 Å². The number of ether oxygens (including phenoxy) is 1. The highest BCUT2D eigenvalue weighted by atomic mass is 19.4. The number of carbonyl (C=O) groups is 1. The molecule has 1 atom stereocenters. The normalized spacial score (nSPS) is 16.8. The van der Waals surface area contributed by atoms with Gasteiger partial charge in [0.25, 0.3) is 0 Å². The Bertz CT molecular complexity index is 1340. The second kappa shape index (κ2) is 11.0. The number of hydrogen-bond donors (Lipinski definition) is 1. The minimum absolute atomic E-state index is 0.184. The first kappa shape index (κ1) is 26.2. The third-order valence-electron chi connectivity index (χ3n) is 6.11. The lowest BCUT2D eigenvalue weighted by Crippen LogP contribution is -2.46. The Labute approximate surface area is 210 Å². The van der Waals surface area contributed by atoms with Crippen molar-refractivity contribution in [2.75, 3.05) is 33.8 Å². The molecule has 37 heavy (non-hydrogen) atoms. The van der Waals surface area contributed by atoms with Crippen molar-refractivity contribution in [1.29, 1.82) is 0 Å². The molecule has 5 rings (SSSR count). The van der Waals surface area contributed by atoms with Gasteiger partial charge in [-0.1, -0.05) is 29.5 Å². The second-order valence-electron chi connectivity index (χ2n) is 8.54. The van der Waals surface area contributed by atoms with Crippen LogP contribution in [0, 0.1) is 0 Å². The quantitative estimate of drug-likeness (QED) is 0.423. The van der Waals surface area contributed by atoms with E-state index in [9.17, 15) is 13.2 Å². The SMILES string of the molecule is COc1ccccc1-c1ccc2c(C3CN(Cc4ccco4)CCN3C)nnn2c1.O=C(O)C(F)(F)F. The number of rotatable bonds is 5. The molecule has 1 aromatic carbocycles. The highest BCUT2D eigenvalue weighted by Gasteiger charge is 2.38. The number of methoxy groups -OCH3 is 1. The van der Waals surface area contributed by atoms with Crippen LogP contribution in [0.15, 0.2) is 65.4 Å². The number of pyridine rings is 1. The first-order chi connectivity index (χ1) is 17.7. The van der Waals surface area contributed by atoms with E-state index in [-0.39, 0.29) is 6.04 Å². The molecule has 1 aliphatic rings. The van der Waals surface area contributed by atoms with E-state index in [0.717, 1.165) is 60.0 Å². The van der Waals surface area contributed by atoms with Gasteiger partial charge in [0.05, 0.1) is 31.5 Å². The van der Waals surface area contributed by atoms with Gasteiger partial charge in [-0.2, -0.15) is 13.2 Å². The van der Waals surface area contributed by atoms with Crippen LogP contribution in [0.3, 0.4) is 0 Å². The number of aromatic nitrogens is 3. The third kappa shape index (κ3) is 6.09. The van der Waals surface area contributed by atoms with Crippen LogP contribution in [0.1, 0.15) is 17.5 Å². The van der Waals surface area contributed by atoms with Gasteiger partial charge in [0.15, 0.2) is 0 Å². The molecule has 0 bridgehead atoms. The molecule has 0 amide bonds. The minimum atomic E-state index is -5.08. The highest BCUT2D eigenvalue weighted by Crippen LogP contribution is 2.32. The summed E-state index contributed by atoms with van der Waals surface area (Å²) in [6.45, 7) is 3.68. The highest BCUT2D eigenvalue weighted by molar-refractivity contribution is 5.73. The molecule has 3 aromatic heterocycles. The maximum Gasteiger partial charge on any atom is 0.490 e. The zero-order chi connectivity index (χ0) is 26.6. The van der Waals surface area contributed by atoms with Crippen molar-refractivity contribution in [2.24, 2.45) is 0 Å². The van der Waals surface area contributed by atoms with Gasteiger partial charge in [0.2, 0.25) is 0 Å². The average Bonchev–Trinajstić information content (AvgIpc) is 3.54. The Balaban J connectivity index is 0.000000405. The topological polar surface area (TPSA) is 96.3 Å². The number of likely N-dealkylation sites (N-methyl/N-ethyl adjacent to an activating group) is 1. The second-order valence-corrected chi connectivity index (χ2v) is 8.54. The van der Waals surface area contributed by atoms with E-state index < -0.39 is 12.1 Å². The monoisotopic (exact) mass is 517 g/mol. The molecule has 0 aliphatic carbocycles. The zero-order valence-corrected chi connectivity index (χ0v) is 20.2. The minimum Gasteiger partial charge on any atom is -0.496 e. The van der Waals surface area contributed by atoms with Crippen LogP contribution in [-0.2, 0) is 11.3 Å². The molecular weight excluding hydrogens is 491 g/mol. The van der Waals surface area contributed by atoms with Gasteiger partial charge in [0.1, 0.15) is 17.2 Å². The number of carboxylic acids is 1. The van der Waals surface area contributed by atoms with Crippen LogP contribution < -0.4 is 4.74 Å². The smallest absolute Gasteiger partial charge is 0.490 e. The van der Waals surface area contributed by atoms with Crippen molar-refractivity contribution in [3.63, 3.8) is 0 Å². The van der Waals surface area contributed by atoms with Gasteiger partial charge >= 0.3 is 12.1 Å². The van der Waals surface area contributed by atoms with E-state index in [1.165, 1.54) is 0 Å². The van der Waals surface area contributed by atoms with Crippen LogP contribution in [-0.4, -0.2) is 75.7 Å². The molecule has 1 fully saturated rings. The lowest BCUT2D eigenvalue weighted by Gasteiger charge is -2.38. The standard InChI is InChI=1S/C23H25N5O2.C2HF3O2/c1-26-11-12-27(15-18-6-5-13-30-18)16-21(26)23-20-10-9-17(14-28(20)25-24-23)19-7-3-4-8-22(19)29-2;3-2(4,5)1(6)7/h3-10,13-14,21H,11-12,15-16H2,1-2H3;(H,6,7). The summed E-state index contributed by atoms with van der Waals surface area (Å²) >= 11 is 0. The number of para-hydroxylation sites is 1. The first-order valence-corrected chi connectivity index (χ1v) is 11.4. The molecule has 196 valence electrons. The van der Waals surface area contributed by atoms with Crippen molar-refractivity contribution in [3.8, 4) is 16.9 Å². The zero-order valence-electron chi connectivity index (χ0n) is 20.2. The van der Waals surface area contributed by atoms with E-state index in [1.807, 2.05) is 41.0 Å². The summed E-state index contributed by atoms with van der Waals surface area (Å²) in [7, 11) is 3.85. The van der Waals surface area contributed by atoms with Gasteiger partial charge in [0, 0.05) is 37.0 Å². The third-order valence-corrected chi connectivity index (χ3v) is 6.11. The average molecular weight is 518 g/mol. The molecule has 0 saturated carbocycles. The first-order valence-electron chi connectivity index (χ1n) is 11.4. The molecule has 1 unspecified atom stereocenters. The van der Waals surface area contributed by atoms with Gasteiger partial charge in [-0.3, -0.25) is 9.80 Å². The molecule has 12 heteroatoms. The number of aliphatic carboxylic acids is 1. The Hall–Kier alpha value is -3.90. The van der Waals surface area contributed by atoms with Crippen LogP contribution in [0.25, 0.3) is 16.6 Å². The van der Waals surface area contributed by atoms with E-state index in [0.29, 0.717) is 0 Å². The maximum atomic E-state index is 10.6. The number of benzene rings is 1. The fourth-order valence-electron chi connectivity index (χ4n) is 4.19. The lowest BCUT2D eigenvalue weighted by molar-refractivity contribution is -0.192. The molecule has 4 aromatic rings. The van der Waals surface area contributed by atoms with Crippen molar-refractivity contribution in [1.82, 2.24) is 24.6 Å². The van der Waals surface area contributed by atoms with Gasteiger partial charge < -0.3 is 14.3 Å². The maximum absolute atomic E-state index is 10.6. The molecule has 1 saturated heterocycles. The molecule has 1 N–H and O–H groups in total. The number of hydrogen-bond acceptors (Lipinski definition) is 7. The summed E-state index contributed by atoms with van der Waals surface area (Å²) in [5.41, 5.74) is 4.13. The summed E-state index contributed by atoms with van der Waals surface area (Å²) in [6.07, 6.45) is -1.33. The van der Waals surface area contributed by atoms with Gasteiger partial charge in [-0.25, -0.2) is 9.31 Å². The van der Waals surface area contributed by atoms with Crippen molar-refractivity contribution in [3.05, 3.63) is 72.4 Å². The number of alkyl halides is 3. The molecule has 9 nitrogen and oxygen atoms in total. The molecule has 1 aliphatic heterocycles. The van der Waals surface area contributed by atoms with Crippen molar-refractivity contribution < 1.29 is 32.2 Å². The fourth-order valence-corrected chi connectivity index (χ4v) is 4.19. The van der Waals surface area contributed by atoms with Crippen molar-refractivity contribution in [2.45, 2.75) is 18.8 Å².